The van der Waals surface area contributed by atoms with Crippen molar-refractivity contribution in [2.24, 2.45) is 5.92 Å². The summed E-state index contributed by atoms with van der Waals surface area (Å²) in [5.41, 5.74) is -0.178. The summed E-state index contributed by atoms with van der Waals surface area (Å²) in [6.07, 6.45) is 5.63. The van der Waals surface area contributed by atoms with Crippen molar-refractivity contribution in [1.82, 2.24) is 14.9 Å². The van der Waals surface area contributed by atoms with Gasteiger partial charge in [0.25, 0.3) is 5.91 Å². The normalized spacial score (nSPS) is 27.4. The molecular weight excluding hydrogens is 262 g/mol. The smallest absolute Gasteiger partial charge is 0.257 e. The molecule has 1 N–H and O–H groups in total. The average molecular weight is 281 g/mol. The molecule has 1 aromatic rings. The molecule has 2 unspecified atom stereocenters. The molecular formula is C13H19N3O2S. The number of likely N-dealkylation sites (tertiary alicyclic amines) is 1. The van der Waals surface area contributed by atoms with Gasteiger partial charge >= 0.3 is 0 Å². The van der Waals surface area contributed by atoms with Gasteiger partial charge in [-0.15, -0.1) is 0 Å². The van der Waals surface area contributed by atoms with Gasteiger partial charge in [-0.25, -0.2) is 9.97 Å². The summed E-state index contributed by atoms with van der Waals surface area (Å²) < 4.78 is 0. The van der Waals surface area contributed by atoms with Crippen LogP contribution in [0.3, 0.4) is 0 Å². The third-order valence-electron chi connectivity index (χ3n) is 3.79. The van der Waals surface area contributed by atoms with Crippen LogP contribution in [-0.2, 0) is 0 Å². The predicted octanol–water partition coefficient (Wildman–Crippen LogP) is 1.43. The van der Waals surface area contributed by atoms with Gasteiger partial charge in [0.2, 0.25) is 0 Å². The first kappa shape index (κ1) is 14.3. The molecule has 1 aliphatic heterocycles. The number of aliphatic hydroxyl groups is 1. The fraction of sp³-hybridized carbons (Fsp3) is 0.615. The molecule has 0 aliphatic carbocycles. The minimum atomic E-state index is -0.685. The molecule has 2 atom stereocenters. The van der Waals surface area contributed by atoms with Crippen LogP contribution in [0.25, 0.3) is 0 Å². The Hall–Kier alpha value is -1.14. The number of hydrogen-bond acceptors (Lipinski definition) is 5. The monoisotopic (exact) mass is 281 g/mol. The lowest BCUT2D eigenvalue weighted by molar-refractivity contribution is -0.0439. The second-order valence-corrected chi connectivity index (χ2v) is 5.99. The number of carbonyl (C=O) groups excluding carboxylic acids is 1. The Bertz CT molecular complexity index is 461. The summed E-state index contributed by atoms with van der Waals surface area (Å²) in [6, 6.07) is 0. The molecule has 1 fully saturated rings. The number of carbonyl (C=O) groups is 1. The van der Waals surface area contributed by atoms with Crippen LogP contribution in [0.5, 0.6) is 0 Å². The summed E-state index contributed by atoms with van der Waals surface area (Å²) in [6.45, 7) is 4.93. The standard InChI is InChI=1S/C13H19N3O2S/c1-9-8-16(5-4-13(9,2)18)11(17)10-6-14-12(19-3)15-7-10/h6-7,9,18H,4-5,8H2,1-3H3. The quantitative estimate of drug-likeness (QED) is 0.656. The van der Waals surface area contributed by atoms with Gasteiger partial charge < -0.3 is 10.0 Å². The van der Waals surface area contributed by atoms with Crippen molar-refractivity contribution in [1.29, 1.82) is 0 Å². The minimum absolute atomic E-state index is 0.0602. The highest BCUT2D eigenvalue weighted by atomic mass is 32.2. The van der Waals surface area contributed by atoms with Gasteiger partial charge in [0.15, 0.2) is 5.16 Å². The van der Waals surface area contributed by atoms with Gasteiger partial charge in [0.05, 0.1) is 11.2 Å². The van der Waals surface area contributed by atoms with E-state index in [0.29, 0.717) is 30.2 Å². The number of rotatable bonds is 2. The first-order valence-corrected chi connectivity index (χ1v) is 7.54. The molecule has 1 aromatic heterocycles. The average Bonchev–Trinajstić information content (AvgIpc) is 2.41. The van der Waals surface area contributed by atoms with Gasteiger partial charge in [0, 0.05) is 31.4 Å². The van der Waals surface area contributed by atoms with Gasteiger partial charge in [-0.05, 0) is 19.6 Å². The van der Waals surface area contributed by atoms with E-state index in [1.54, 1.807) is 17.3 Å². The van der Waals surface area contributed by atoms with Crippen LogP contribution < -0.4 is 0 Å². The zero-order chi connectivity index (χ0) is 14.0. The summed E-state index contributed by atoms with van der Waals surface area (Å²) >= 11 is 1.44. The fourth-order valence-corrected chi connectivity index (χ4v) is 2.44. The number of piperidine rings is 1. The second-order valence-electron chi connectivity index (χ2n) is 5.22. The van der Waals surface area contributed by atoms with E-state index in [0.717, 1.165) is 0 Å². The summed E-state index contributed by atoms with van der Waals surface area (Å²) in [5, 5.41) is 10.8. The van der Waals surface area contributed by atoms with E-state index in [2.05, 4.69) is 9.97 Å². The highest BCUT2D eigenvalue weighted by Gasteiger charge is 2.36. The van der Waals surface area contributed by atoms with E-state index in [-0.39, 0.29) is 11.8 Å². The Labute approximate surface area is 117 Å². The molecule has 1 saturated heterocycles. The maximum atomic E-state index is 12.3. The molecule has 5 nitrogen and oxygen atoms in total. The van der Waals surface area contributed by atoms with Crippen molar-refractivity contribution in [2.75, 3.05) is 19.3 Å². The van der Waals surface area contributed by atoms with Crippen molar-refractivity contribution in [3.63, 3.8) is 0 Å². The minimum Gasteiger partial charge on any atom is -0.390 e. The van der Waals surface area contributed by atoms with E-state index in [1.807, 2.05) is 20.1 Å². The molecule has 104 valence electrons. The van der Waals surface area contributed by atoms with E-state index in [1.165, 1.54) is 11.8 Å². The Morgan fingerprint density at radius 3 is 2.68 bits per heavy atom. The number of amides is 1. The molecule has 2 heterocycles. The lowest BCUT2D eigenvalue weighted by atomic mass is 9.84. The lowest BCUT2D eigenvalue weighted by Gasteiger charge is -2.41. The Kier molecular flexibility index (Phi) is 4.10. The van der Waals surface area contributed by atoms with Crippen molar-refractivity contribution in [2.45, 2.75) is 31.0 Å². The SMILES string of the molecule is CSc1ncc(C(=O)N2CCC(C)(O)C(C)C2)cn1. The topological polar surface area (TPSA) is 66.3 Å². The van der Waals surface area contributed by atoms with E-state index in [9.17, 15) is 9.90 Å². The zero-order valence-electron chi connectivity index (χ0n) is 11.5. The van der Waals surface area contributed by atoms with Crippen LogP contribution in [0.15, 0.2) is 17.6 Å². The highest BCUT2D eigenvalue weighted by molar-refractivity contribution is 7.98. The zero-order valence-corrected chi connectivity index (χ0v) is 12.3. The largest absolute Gasteiger partial charge is 0.390 e. The maximum Gasteiger partial charge on any atom is 0.257 e. The molecule has 0 spiro atoms. The predicted molar refractivity (Wildman–Crippen MR) is 74.1 cm³/mol. The summed E-state index contributed by atoms with van der Waals surface area (Å²) in [4.78, 5) is 22.3. The Balaban J connectivity index is 2.08. The van der Waals surface area contributed by atoms with E-state index < -0.39 is 5.60 Å². The van der Waals surface area contributed by atoms with Crippen LogP contribution >= 0.6 is 11.8 Å². The van der Waals surface area contributed by atoms with Crippen molar-refractivity contribution in [3.05, 3.63) is 18.0 Å². The van der Waals surface area contributed by atoms with Crippen LogP contribution in [0.2, 0.25) is 0 Å². The Morgan fingerprint density at radius 1 is 1.53 bits per heavy atom. The van der Waals surface area contributed by atoms with Gasteiger partial charge in [-0.1, -0.05) is 18.7 Å². The highest BCUT2D eigenvalue weighted by Crippen LogP contribution is 2.27. The van der Waals surface area contributed by atoms with Crippen molar-refractivity contribution in [3.8, 4) is 0 Å². The molecule has 2 rings (SSSR count). The summed E-state index contributed by atoms with van der Waals surface area (Å²) in [5.74, 6) is 0.00610. The van der Waals surface area contributed by atoms with E-state index >= 15 is 0 Å². The molecule has 19 heavy (non-hydrogen) atoms. The molecule has 6 heteroatoms. The van der Waals surface area contributed by atoms with Gasteiger partial charge in [-0.2, -0.15) is 0 Å². The van der Waals surface area contributed by atoms with Crippen LogP contribution in [0.4, 0.5) is 0 Å². The molecule has 0 aromatic carbocycles. The number of nitrogens with zero attached hydrogens (tertiary/aromatic N) is 3. The van der Waals surface area contributed by atoms with E-state index in [4.69, 9.17) is 0 Å². The fourth-order valence-electron chi connectivity index (χ4n) is 2.13. The molecule has 1 amide bonds. The first-order chi connectivity index (χ1) is 8.94. The molecule has 0 saturated carbocycles. The van der Waals surface area contributed by atoms with Crippen molar-refractivity contribution >= 4 is 17.7 Å². The number of thioether (sulfide) groups is 1. The first-order valence-electron chi connectivity index (χ1n) is 6.31. The second kappa shape index (κ2) is 5.46. The van der Waals surface area contributed by atoms with Gasteiger partial charge in [-0.3, -0.25) is 4.79 Å². The van der Waals surface area contributed by atoms with Crippen LogP contribution in [0, 0.1) is 5.92 Å². The third kappa shape index (κ3) is 3.06. The molecule has 1 aliphatic rings. The van der Waals surface area contributed by atoms with Crippen molar-refractivity contribution < 1.29 is 9.90 Å². The third-order valence-corrected chi connectivity index (χ3v) is 4.36. The van der Waals surface area contributed by atoms with Crippen LogP contribution in [-0.4, -0.2) is 50.8 Å². The maximum absolute atomic E-state index is 12.3. The van der Waals surface area contributed by atoms with Crippen LogP contribution in [0.1, 0.15) is 30.6 Å². The van der Waals surface area contributed by atoms with Gasteiger partial charge in [0.1, 0.15) is 0 Å². The molecule has 0 radical (unpaired) electrons. The summed E-state index contributed by atoms with van der Waals surface area (Å²) in [7, 11) is 0. The number of aromatic nitrogens is 2. The molecule has 0 bridgehead atoms. The lowest BCUT2D eigenvalue weighted by Crippen LogP contribution is -2.50. The Morgan fingerprint density at radius 2 is 2.16 bits per heavy atom. The number of hydrogen-bond donors (Lipinski definition) is 1.